The fourth-order valence-electron chi connectivity index (χ4n) is 3.24. The number of anilines is 1. The number of aryl methyl sites for hydroxylation is 1. The Morgan fingerprint density at radius 2 is 1.97 bits per heavy atom. The molecule has 0 saturated heterocycles. The molecular weight excluding hydrogens is 394 g/mol. The number of hydrogen-bond acceptors (Lipinski definition) is 7. The number of ether oxygens (including phenoxy) is 3. The molecule has 2 aromatic rings. The topological polar surface area (TPSA) is 90.9 Å². The van der Waals surface area contributed by atoms with Crippen LogP contribution in [0.4, 0.5) is 5.00 Å². The third kappa shape index (κ3) is 5.02. The van der Waals surface area contributed by atoms with Gasteiger partial charge in [0, 0.05) is 12.0 Å². The fourth-order valence-corrected chi connectivity index (χ4v) is 4.54. The minimum Gasteiger partial charge on any atom is -0.462 e. The zero-order valence-corrected chi connectivity index (χ0v) is 17.2. The lowest BCUT2D eigenvalue weighted by atomic mass is 10.1. The molecule has 8 heteroatoms. The van der Waals surface area contributed by atoms with Gasteiger partial charge in [0.1, 0.15) is 5.00 Å². The van der Waals surface area contributed by atoms with Crippen LogP contribution in [0.25, 0.3) is 0 Å². The van der Waals surface area contributed by atoms with Crippen molar-refractivity contribution in [1.29, 1.82) is 0 Å². The van der Waals surface area contributed by atoms with Crippen LogP contribution in [0.1, 0.15) is 50.1 Å². The van der Waals surface area contributed by atoms with Gasteiger partial charge in [-0.25, -0.2) is 9.59 Å². The summed E-state index contributed by atoms with van der Waals surface area (Å²) in [6, 6.07) is 6.83. The maximum absolute atomic E-state index is 12.3. The van der Waals surface area contributed by atoms with Gasteiger partial charge in [0.2, 0.25) is 0 Å². The second-order valence-corrected chi connectivity index (χ2v) is 7.64. The van der Waals surface area contributed by atoms with Gasteiger partial charge in [-0.05, 0) is 49.4 Å². The molecule has 0 unspecified atom stereocenters. The standard InChI is InChI=1S/C21H23NO6S/c1-3-27-21(25)18-15-8-5-9-16(15)29-19(18)22-17(23)12-28-20(24)14-7-4-6-13(10-14)11-26-2/h4,6-7,10H,3,5,8-9,11-12H2,1-2H3,(H,22,23). The minimum atomic E-state index is -0.600. The number of hydrogen-bond donors (Lipinski definition) is 1. The molecular formula is C21H23NO6S. The summed E-state index contributed by atoms with van der Waals surface area (Å²) in [7, 11) is 1.57. The minimum absolute atomic E-state index is 0.261. The van der Waals surface area contributed by atoms with Crippen molar-refractivity contribution < 1.29 is 28.6 Å². The van der Waals surface area contributed by atoms with Crippen LogP contribution in [0, 0.1) is 0 Å². The van der Waals surface area contributed by atoms with Crippen LogP contribution in [-0.2, 0) is 38.5 Å². The predicted molar refractivity (Wildman–Crippen MR) is 108 cm³/mol. The second kappa shape index (κ2) is 9.67. The first kappa shape index (κ1) is 21.0. The highest BCUT2D eigenvalue weighted by molar-refractivity contribution is 7.17. The molecule has 154 valence electrons. The third-order valence-corrected chi connectivity index (χ3v) is 5.67. The maximum atomic E-state index is 12.3. The smallest absolute Gasteiger partial charge is 0.341 e. The summed E-state index contributed by atoms with van der Waals surface area (Å²) >= 11 is 1.38. The molecule has 1 aliphatic carbocycles. The van der Waals surface area contributed by atoms with E-state index in [0.717, 1.165) is 35.3 Å². The Morgan fingerprint density at radius 1 is 1.14 bits per heavy atom. The first-order chi connectivity index (χ1) is 14.0. The molecule has 1 heterocycles. The van der Waals surface area contributed by atoms with Gasteiger partial charge >= 0.3 is 11.9 Å². The van der Waals surface area contributed by atoms with Gasteiger partial charge in [-0.1, -0.05) is 12.1 Å². The molecule has 1 aliphatic rings. The van der Waals surface area contributed by atoms with Crippen LogP contribution in [-0.4, -0.2) is 38.2 Å². The van der Waals surface area contributed by atoms with Gasteiger partial charge in [0.25, 0.3) is 5.91 Å². The zero-order chi connectivity index (χ0) is 20.8. The average molecular weight is 417 g/mol. The highest BCUT2D eigenvalue weighted by Gasteiger charge is 2.28. The van der Waals surface area contributed by atoms with Crippen molar-refractivity contribution in [2.24, 2.45) is 0 Å². The molecule has 7 nitrogen and oxygen atoms in total. The summed E-state index contributed by atoms with van der Waals surface area (Å²) in [5.41, 5.74) is 2.56. The van der Waals surface area contributed by atoms with Crippen molar-refractivity contribution >= 4 is 34.2 Å². The molecule has 0 aliphatic heterocycles. The lowest BCUT2D eigenvalue weighted by molar-refractivity contribution is -0.119. The molecule has 1 aromatic heterocycles. The Morgan fingerprint density at radius 3 is 2.72 bits per heavy atom. The van der Waals surface area contributed by atoms with Crippen LogP contribution >= 0.6 is 11.3 Å². The molecule has 3 rings (SSSR count). The van der Waals surface area contributed by atoms with Crippen molar-refractivity contribution in [2.45, 2.75) is 32.8 Å². The van der Waals surface area contributed by atoms with Gasteiger partial charge in [-0.15, -0.1) is 11.3 Å². The van der Waals surface area contributed by atoms with Crippen molar-refractivity contribution in [3.63, 3.8) is 0 Å². The number of carbonyl (C=O) groups excluding carboxylic acids is 3. The van der Waals surface area contributed by atoms with Gasteiger partial charge in [0.05, 0.1) is 24.3 Å². The summed E-state index contributed by atoms with van der Waals surface area (Å²) in [5, 5.41) is 3.15. The Labute approximate surface area is 173 Å². The fraction of sp³-hybridized carbons (Fsp3) is 0.381. The SMILES string of the molecule is CCOC(=O)c1c(NC(=O)COC(=O)c2cccc(COC)c2)sc2c1CCC2. The Bertz CT molecular complexity index is 920. The maximum Gasteiger partial charge on any atom is 0.341 e. The van der Waals surface area contributed by atoms with Gasteiger partial charge in [-0.3, -0.25) is 4.79 Å². The second-order valence-electron chi connectivity index (χ2n) is 6.54. The number of rotatable bonds is 8. The molecule has 0 atom stereocenters. The van der Waals surface area contributed by atoms with E-state index >= 15 is 0 Å². The molecule has 0 bridgehead atoms. The lowest BCUT2D eigenvalue weighted by Gasteiger charge is -2.09. The number of nitrogens with one attached hydrogen (secondary N) is 1. The van der Waals surface area contributed by atoms with Crippen LogP contribution in [0.15, 0.2) is 24.3 Å². The first-order valence-electron chi connectivity index (χ1n) is 9.40. The van der Waals surface area contributed by atoms with Crippen LogP contribution in [0.2, 0.25) is 0 Å². The van der Waals surface area contributed by atoms with E-state index < -0.39 is 24.5 Å². The molecule has 29 heavy (non-hydrogen) atoms. The number of fused-ring (bicyclic) bond motifs is 1. The molecule has 0 saturated carbocycles. The molecule has 1 amide bonds. The van der Waals surface area contributed by atoms with Gasteiger partial charge in [0.15, 0.2) is 6.61 Å². The highest BCUT2D eigenvalue weighted by Crippen LogP contribution is 2.39. The number of methoxy groups -OCH3 is 1. The van der Waals surface area contributed by atoms with Crippen LogP contribution < -0.4 is 5.32 Å². The van der Waals surface area contributed by atoms with E-state index in [0.29, 0.717) is 22.7 Å². The molecule has 0 radical (unpaired) electrons. The monoisotopic (exact) mass is 417 g/mol. The Hall–Kier alpha value is -2.71. The number of amides is 1. The Balaban J connectivity index is 1.63. The third-order valence-electron chi connectivity index (χ3n) is 4.46. The van der Waals surface area contributed by atoms with Crippen molar-refractivity contribution in [3.05, 3.63) is 51.4 Å². The summed E-state index contributed by atoms with van der Waals surface area (Å²) in [4.78, 5) is 38.0. The first-order valence-corrected chi connectivity index (χ1v) is 10.2. The Kier molecular flexibility index (Phi) is 7.00. The molecule has 1 N–H and O–H groups in total. The molecule has 1 aromatic carbocycles. The van der Waals surface area contributed by atoms with E-state index in [1.807, 2.05) is 6.07 Å². The van der Waals surface area contributed by atoms with Gasteiger partial charge in [-0.2, -0.15) is 0 Å². The summed E-state index contributed by atoms with van der Waals surface area (Å²) in [6.07, 6.45) is 2.67. The lowest BCUT2D eigenvalue weighted by Crippen LogP contribution is -2.22. The van der Waals surface area contributed by atoms with E-state index in [2.05, 4.69) is 5.32 Å². The quantitative estimate of drug-likeness (QED) is 0.663. The molecule has 0 spiro atoms. The van der Waals surface area contributed by atoms with Gasteiger partial charge < -0.3 is 19.5 Å². The summed E-state index contributed by atoms with van der Waals surface area (Å²) in [5.74, 6) is -1.54. The van der Waals surface area contributed by atoms with E-state index in [4.69, 9.17) is 14.2 Å². The average Bonchev–Trinajstić information content (AvgIpc) is 3.27. The van der Waals surface area contributed by atoms with Crippen molar-refractivity contribution in [2.75, 3.05) is 25.6 Å². The van der Waals surface area contributed by atoms with Crippen molar-refractivity contribution in [1.82, 2.24) is 0 Å². The number of thiophene rings is 1. The number of benzene rings is 1. The zero-order valence-electron chi connectivity index (χ0n) is 16.4. The van der Waals surface area contributed by atoms with E-state index in [9.17, 15) is 14.4 Å². The largest absolute Gasteiger partial charge is 0.462 e. The van der Waals surface area contributed by atoms with Crippen molar-refractivity contribution in [3.8, 4) is 0 Å². The summed E-state index contributed by atoms with van der Waals surface area (Å²) < 4.78 is 15.3. The van der Waals surface area contributed by atoms with E-state index in [-0.39, 0.29) is 6.61 Å². The molecule has 0 fully saturated rings. The number of esters is 2. The summed E-state index contributed by atoms with van der Waals surface area (Å²) in [6.45, 7) is 1.93. The van der Waals surface area contributed by atoms with Crippen LogP contribution in [0.5, 0.6) is 0 Å². The predicted octanol–water partition coefficient (Wildman–Crippen LogP) is 3.36. The highest BCUT2D eigenvalue weighted by atomic mass is 32.1. The number of carbonyl (C=O) groups is 3. The van der Waals surface area contributed by atoms with E-state index in [1.54, 1.807) is 32.2 Å². The van der Waals surface area contributed by atoms with Crippen LogP contribution in [0.3, 0.4) is 0 Å². The normalized spacial score (nSPS) is 12.3. The van der Waals surface area contributed by atoms with E-state index in [1.165, 1.54) is 11.3 Å².